The third-order valence-electron chi connectivity index (χ3n) is 8.74. The number of nitrogens with zero attached hydrogens (tertiary/aromatic N) is 2. The van der Waals surface area contributed by atoms with Gasteiger partial charge in [0.05, 0.1) is 10.1 Å². The summed E-state index contributed by atoms with van der Waals surface area (Å²) in [5.74, 6) is -0.387. The van der Waals surface area contributed by atoms with Gasteiger partial charge in [0.2, 0.25) is 0 Å². The molecule has 200 valence electrons. The largest absolute Gasteiger partial charge is 0.321 e. The van der Waals surface area contributed by atoms with Crippen LogP contribution >= 0.6 is 0 Å². The standard InChI is InChI=1S/C32H31FN2O3S/c1-21-3-10-27(11-4-21)39(37,38)28-12-5-24-18-30-23(14-16-35(30)26-8-6-25(33)7-9-26)19-32(24,20-28)31(36)29-17-22(2)13-15-34-29/h3-4,6-11,13-17,24,28H,5,12,18-20H2,1-2H3/t24?,28-,32-/m0/s1. The topological polar surface area (TPSA) is 69.0 Å². The van der Waals surface area contributed by atoms with Crippen LogP contribution in [0, 0.1) is 31.0 Å². The molecule has 0 bridgehead atoms. The Morgan fingerprint density at radius 2 is 1.72 bits per heavy atom. The fourth-order valence-corrected chi connectivity index (χ4v) is 8.49. The molecule has 2 aromatic heterocycles. The number of hydrogen-bond acceptors (Lipinski definition) is 4. The maximum absolute atomic E-state index is 14.4. The summed E-state index contributed by atoms with van der Waals surface area (Å²) in [6.07, 6.45) is 6.12. The number of halogens is 1. The van der Waals surface area contributed by atoms with Crippen molar-refractivity contribution < 1.29 is 17.6 Å². The lowest BCUT2D eigenvalue weighted by Crippen LogP contribution is -2.51. The number of aryl methyl sites for hydroxylation is 2. The number of hydrogen-bond donors (Lipinski definition) is 0. The summed E-state index contributed by atoms with van der Waals surface area (Å²) in [5.41, 5.74) is 4.48. The van der Waals surface area contributed by atoms with Crippen molar-refractivity contribution in [2.75, 3.05) is 0 Å². The second kappa shape index (κ2) is 9.56. The normalized spacial score (nSPS) is 22.6. The molecule has 0 radical (unpaired) electrons. The molecule has 4 aromatic rings. The van der Waals surface area contributed by atoms with Crippen molar-refractivity contribution in [1.82, 2.24) is 9.55 Å². The number of Topliss-reactive ketones (excluding diaryl/α,β-unsaturated/α-hetero) is 1. The van der Waals surface area contributed by atoms with E-state index in [1.807, 2.05) is 50.4 Å². The monoisotopic (exact) mass is 542 g/mol. The molecule has 3 atom stereocenters. The Morgan fingerprint density at radius 3 is 2.44 bits per heavy atom. The summed E-state index contributed by atoms with van der Waals surface area (Å²) < 4.78 is 43.3. The minimum atomic E-state index is -3.62. The zero-order chi connectivity index (χ0) is 27.4. The van der Waals surface area contributed by atoms with Crippen molar-refractivity contribution in [3.05, 3.63) is 113 Å². The Labute approximate surface area is 228 Å². The second-order valence-electron chi connectivity index (χ2n) is 11.2. The van der Waals surface area contributed by atoms with Crippen LogP contribution in [0.5, 0.6) is 0 Å². The molecule has 2 aliphatic rings. The smallest absolute Gasteiger partial charge is 0.187 e. The van der Waals surface area contributed by atoms with Crippen LogP contribution < -0.4 is 0 Å². The predicted octanol–water partition coefficient (Wildman–Crippen LogP) is 6.24. The maximum atomic E-state index is 14.4. The van der Waals surface area contributed by atoms with Crippen molar-refractivity contribution in [3.63, 3.8) is 0 Å². The summed E-state index contributed by atoms with van der Waals surface area (Å²) in [5, 5.41) is -0.647. The lowest BCUT2D eigenvalue weighted by Gasteiger charge is -2.48. The van der Waals surface area contributed by atoms with E-state index in [4.69, 9.17) is 0 Å². The Kier molecular flexibility index (Phi) is 6.29. The van der Waals surface area contributed by atoms with Crippen molar-refractivity contribution in [1.29, 1.82) is 0 Å². The third kappa shape index (κ3) is 4.42. The molecule has 5 nitrogen and oxygen atoms in total. The highest BCUT2D eigenvalue weighted by molar-refractivity contribution is 7.92. The zero-order valence-electron chi connectivity index (χ0n) is 22.1. The molecule has 0 aliphatic heterocycles. The van der Waals surface area contributed by atoms with Crippen LogP contribution in [-0.4, -0.2) is 29.0 Å². The number of pyridine rings is 1. The number of fused-ring (bicyclic) bond motifs is 2. The van der Waals surface area contributed by atoms with Gasteiger partial charge < -0.3 is 4.57 Å². The van der Waals surface area contributed by atoms with Gasteiger partial charge in [0, 0.05) is 29.2 Å². The molecule has 0 amide bonds. The van der Waals surface area contributed by atoms with Crippen LogP contribution in [0.15, 0.2) is 84.0 Å². The summed E-state index contributed by atoms with van der Waals surface area (Å²) in [4.78, 5) is 19.1. The Balaban J connectivity index is 1.43. The molecule has 7 heteroatoms. The lowest BCUT2D eigenvalue weighted by atomic mass is 9.56. The number of rotatable bonds is 5. The fraction of sp³-hybridized carbons (Fsp3) is 0.312. The molecule has 2 aromatic carbocycles. The van der Waals surface area contributed by atoms with Crippen LogP contribution in [0.2, 0.25) is 0 Å². The average molecular weight is 543 g/mol. The molecule has 2 heterocycles. The number of aromatic nitrogens is 2. The number of carbonyl (C=O) groups excluding carboxylic acids is 1. The first-order valence-corrected chi connectivity index (χ1v) is 14.9. The van der Waals surface area contributed by atoms with Crippen molar-refractivity contribution in [2.45, 2.75) is 56.1 Å². The number of sulfone groups is 1. The van der Waals surface area contributed by atoms with Crippen molar-refractivity contribution in [3.8, 4) is 5.69 Å². The Hall–Kier alpha value is -3.58. The Bertz CT molecular complexity index is 1660. The van der Waals surface area contributed by atoms with Crippen LogP contribution in [-0.2, 0) is 22.7 Å². The van der Waals surface area contributed by atoms with E-state index in [2.05, 4.69) is 9.55 Å². The van der Waals surface area contributed by atoms with Gasteiger partial charge in [0.15, 0.2) is 15.6 Å². The molecule has 39 heavy (non-hydrogen) atoms. The van der Waals surface area contributed by atoms with Gasteiger partial charge in [-0.3, -0.25) is 9.78 Å². The van der Waals surface area contributed by atoms with Gasteiger partial charge in [-0.05, 0) is 118 Å². The first-order chi connectivity index (χ1) is 18.7. The molecular formula is C32H31FN2O3S. The maximum Gasteiger partial charge on any atom is 0.187 e. The van der Waals surface area contributed by atoms with Gasteiger partial charge >= 0.3 is 0 Å². The van der Waals surface area contributed by atoms with Gasteiger partial charge in [0.25, 0.3) is 0 Å². The molecule has 1 saturated carbocycles. The summed E-state index contributed by atoms with van der Waals surface area (Å²) in [6.45, 7) is 3.86. The van der Waals surface area contributed by atoms with Crippen LogP contribution in [0.25, 0.3) is 5.69 Å². The minimum absolute atomic E-state index is 0.0293. The zero-order valence-corrected chi connectivity index (χ0v) is 22.9. The molecule has 6 rings (SSSR count). The summed E-state index contributed by atoms with van der Waals surface area (Å²) >= 11 is 0. The SMILES string of the molecule is Cc1ccc(S(=O)(=O)[C@H]2CCC3Cc4c(ccn4-c4ccc(F)cc4)C[C@]3(C(=O)c3cc(C)ccn3)C2)cc1. The van der Waals surface area contributed by atoms with Gasteiger partial charge in [0.1, 0.15) is 11.5 Å². The minimum Gasteiger partial charge on any atom is -0.321 e. The van der Waals surface area contributed by atoms with E-state index < -0.39 is 20.5 Å². The summed E-state index contributed by atoms with van der Waals surface area (Å²) in [7, 11) is -3.62. The summed E-state index contributed by atoms with van der Waals surface area (Å²) in [6, 6.07) is 19.1. The Morgan fingerprint density at radius 1 is 0.974 bits per heavy atom. The molecule has 0 N–H and O–H groups in total. The van der Waals surface area contributed by atoms with Gasteiger partial charge in [-0.1, -0.05) is 17.7 Å². The molecular weight excluding hydrogens is 511 g/mol. The fourth-order valence-electron chi connectivity index (χ4n) is 6.62. The van der Waals surface area contributed by atoms with E-state index in [1.54, 1.807) is 30.5 Å². The average Bonchev–Trinajstić information content (AvgIpc) is 3.34. The highest BCUT2D eigenvalue weighted by atomic mass is 32.2. The van der Waals surface area contributed by atoms with E-state index in [9.17, 15) is 17.6 Å². The second-order valence-corrected chi connectivity index (χ2v) is 13.4. The van der Waals surface area contributed by atoms with E-state index in [0.29, 0.717) is 36.3 Å². The van der Waals surface area contributed by atoms with Crippen LogP contribution in [0.1, 0.15) is 52.1 Å². The van der Waals surface area contributed by atoms with E-state index in [0.717, 1.165) is 28.1 Å². The van der Waals surface area contributed by atoms with E-state index in [-0.39, 0.29) is 23.9 Å². The number of ketones is 1. The van der Waals surface area contributed by atoms with Crippen molar-refractivity contribution in [2.24, 2.45) is 11.3 Å². The number of carbonyl (C=O) groups is 1. The van der Waals surface area contributed by atoms with Gasteiger partial charge in [-0.15, -0.1) is 0 Å². The molecule has 1 fully saturated rings. The third-order valence-corrected chi connectivity index (χ3v) is 10.9. The van der Waals surface area contributed by atoms with E-state index >= 15 is 0 Å². The van der Waals surface area contributed by atoms with Gasteiger partial charge in [-0.2, -0.15) is 0 Å². The first kappa shape index (κ1) is 25.7. The molecule has 0 spiro atoms. The quantitative estimate of drug-likeness (QED) is 0.280. The van der Waals surface area contributed by atoms with Crippen molar-refractivity contribution >= 4 is 15.6 Å². The highest BCUT2D eigenvalue weighted by Crippen LogP contribution is 2.53. The highest BCUT2D eigenvalue weighted by Gasteiger charge is 2.55. The first-order valence-electron chi connectivity index (χ1n) is 13.4. The molecule has 1 unspecified atom stereocenters. The van der Waals surface area contributed by atoms with Crippen LogP contribution in [0.3, 0.4) is 0 Å². The number of benzene rings is 2. The van der Waals surface area contributed by atoms with Crippen LogP contribution in [0.4, 0.5) is 4.39 Å². The predicted molar refractivity (Wildman–Crippen MR) is 148 cm³/mol. The van der Waals surface area contributed by atoms with Gasteiger partial charge in [-0.25, -0.2) is 12.8 Å². The van der Waals surface area contributed by atoms with E-state index in [1.165, 1.54) is 12.1 Å². The molecule has 0 saturated heterocycles. The lowest BCUT2D eigenvalue weighted by molar-refractivity contribution is 0.0488. The molecule has 2 aliphatic carbocycles.